The number of hydrogen-bond acceptors (Lipinski definition) is 5. The second-order valence-corrected chi connectivity index (χ2v) is 9.42. The van der Waals surface area contributed by atoms with Crippen LogP contribution in [0.4, 0.5) is 10.2 Å². The van der Waals surface area contributed by atoms with Gasteiger partial charge in [0.05, 0.1) is 16.8 Å². The Hall–Kier alpha value is -3.03. The maximum Gasteiger partial charge on any atom is 0.222 e. The van der Waals surface area contributed by atoms with E-state index in [4.69, 9.17) is 15.1 Å². The summed E-state index contributed by atoms with van der Waals surface area (Å²) < 4.78 is 15.4. The Balaban J connectivity index is 1.67. The van der Waals surface area contributed by atoms with Gasteiger partial charge in [-0.15, -0.1) is 0 Å². The van der Waals surface area contributed by atoms with Gasteiger partial charge in [-0.05, 0) is 50.5 Å². The highest BCUT2D eigenvalue weighted by Gasteiger charge is 2.25. The van der Waals surface area contributed by atoms with Crippen molar-refractivity contribution >= 4 is 22.8 Å². The summed E-state index contributed by atoms with van der Waals surface area (Å²) in [6, 6.07) is 6.34. The summed E-state index contributed by atoms with van der Waals surface area (Å²) >= 11 is 0. The van der Waals surface area contributed by atoms with Crippen LogP contribution in [0, 0.1) is 12.7 Å². The van der Waals surface area contributed by atoms with E-state index in [1.165, 1.54) is 12.1 Å². The van der Waals surface area contributed by atoms with E-state index in [1.54, 1.807) is 16.8 Å². The van der Waals surface area contributed by atoms with Crippen LogP contribution < -0.4 is 4.90 Å². The van der Waals surface area contributed by atoms with Crippen molar-refractivity contribution in [2.45, 2.75) is 72.1 Å². The molecule has 0 spiro atoms. The maximum atomic E-state index is 13.6. The normalized spacial score (nSPS) is 14.5. The minimum atomic E-state index is -0.278. The molecule has 35 heavy (non-hydrogen) atoms. The molecule has 0 saturated carbocycles. The molecule has 7 nitrogen and oxygen atoms in total. The molecule has 1 aliphatic rings. The summed E-state index contributed by atoms with van der Waals surface area (Å²) in [4.78, 5) is 27.0. The predicted molar refractivity (Wildman–Crippen MR) is 138 cm³/mol. The fourth-order valence-corrected chi connectivity index (χ4v) is 4.71. The largest absolute Gasteiger partial charge is 0.354 e. The summed E-state index contributed by atoms with van der Waals surface area (Å²) in [5.41, 5.74) is 2.37. The fourth-order valence-electron chi connectivity index (χ4n) is 4.71. The van der Waals surface area contributed by atoms with E-state index in [9.17, 15) is 9.18 Å². The van der Waals surface area contributed by atoms with Crippen molar-refractivity contribution in [1.29, 1.82) is 0 Å². The van der Waals surface area contributed by atoms with Gasteiger partial charge >= 0.3 is 0 Å². The van der Waals surface area contributed by atoms with Gasteiger partial charge in [0.1, 0.15) is 17.5 Å². The molecular formula is C27H37FN6O. The molecule has 4 rings (SSSR count). The number of aryl methyl sites for hydroxylation is 2. The molecule has 2 aromatic heterocycles. The maximum absolute atomic E-state index is 13.6. The molecule has 1 aliphatic heterocycles. The number of halogens is 1. The highest BCUT2D eigenvalue weighted by molar-refractivity contribution is 5.91. The molecule has 0 unspecified atom stereocenters. The molecule has 188 valence electrons. The molecule has 0 radical (unpaired) electrons. The molecular weight excluding hydrogens is 443 g/mol. The van der Waals surface area contributed by atoms with Crippen LogP contribution in [0.15, 0.2) is 24.3 Å². The third-order valence-corrected chi connectivity index (χ3v) is 6.70. The topological polar surface area (TPSA) is 67.2 Å². The molecule has 0 N–H and O–H groups in total. The Kier molecular flexibility index (Phi) is 8.31. The fraction of sp³-hybridized carbons (Fsp3) is 0.556. The zero-order valence-corrected chi connectivity index (χ0v) is 21.3. The molecule has 8 heteroatoms. The summed E-state index contributed by atoms with van der Waals surface area (Å²) in [7, 11) is 0. The van der Waals surface area contributed by atoms with Crippen LogP contribution >= 0.6 is 0 Å². The Labute approximate surface area is 207 Å². The molecule has 0 atom stereocenters. The van der Waals surface area contributed by atoms with Gasteiger partial charge in [-0.1, -0.05) is 33.1 Å². The monoisotopic (exact) mass is 480 g/mol. The number of hydrogen-bond donors (Lipinski definition) is 0. The van der Waals surface area contributed by atoms with Crippen LogP contribution in [0.2, 0.25) is 0 Å². The predicted octanol–water partition coefficient (Wildman–Crippen LogP) is 5.22. The minimum absolute atomic E-state index is 0.261. The smallest absolute Gasteiger partial charge is 0.222 e. The number of amides is 1. The first-order chi connectivity index (χ1) is 17.0. The Bertz CT molecular complexity index is 1140. The molecule has 3 heterocycles. The van der Waals surface area contributed by atoms with E-state index in [0.717, 1.165) is 98.6 Å². The zero-order valence-electron chi connectivity index (χ0n) is 21.3. The number of carbonyl (C=O) groups is 1. The number of anilines is 1. The van der Waals surface area contributed by atoms with Crippen LogP contribution in [0.5, 0.6) is 0 Å². The SMILES string of the molecule is CCCCCC(=O)N1CCCN(c2nc(CCCC)nc3c2c(C)nn3-c2ccc(F)cc2)CC1. The third kappa shape index (κ3) is 5.80. The van der Waals surface area contributed by atoms with Gasteiger partial charge in [-0.25, -0.2) is 19.0 Å². The molecule has 3 aromatic rings. The first kappa shape index (κ1) is 25.1. The number of nitrogens with zero attached hydrogens (tertiary/aromatic N) is 6. The van der Waals surface area contributed by atoms with E-state index < -0.39 is 0 Å². The number of benzene rings is 1. The van der Waals surface area contributed by atoms with Gasteiger partial charge in [0, 0.05) is 39.0 Å². The zero-order chi connectivity index (χ0) is 24.8. The van der Waals surface area contributed by atoms with Gasteiger partial charge in [0.2, 0.25) is 5.91 Å². The number of carbonyl (C=O) groups excluding carboxylic acids is 1. The lowest BCUT2D eigenvalue weighted by Crippen LogP contribution is -2.35. The summed E-state index contributed by atoms with van der Waals surface area (Å²) in [5, 5.41) is 5.70. The lowest BCUT2D eigenvalue weighted by atomic mass is 10.2. The van der Waals surface area contributed by atoms with Gasteiger partial charge in [0.25, 0.3) is 0 Å². The number of rotatable bonds is 9. The van der Waals surface area contributed by atoms with Gasteiger partial charge in [-0.3, -0.25) is 4.79 Å². The van der Waals surface area contributed by atoms with Crippen molar-refractivity contribution in [2.24, 2.45) is 0 Å². The van der Waals surface area contributed by atoms with Gasteiger partial charge < -0.3 is 9.80 Å². The first-order valence-electron chi connectivity index (χ1n) is 13.1. The lowest BCUT2D eigenvalue weighted by molar-refractivity contribution is -0.131. The second kappa shape index (κ2) is 11.6. The van der Waals surface area contributed by atoms with Crippen molar-refractivity contribution in [3.05, 3.63) is 41.6 Å². The quantitative estimate of drug-likeness (QED) is 0.393. The number of fused-ring (bicyclic) bond motifs is 1. The third-order valence-electron chi connectivity index (χ3n) is 6.70. The second-order valence-electron chi connectivity index (χ2n) is 9.42. The summed E-state index contributed by atoms with van der Waals surface area (Å²) in [6.07, 6.45) is 7.59. The van der Waals surface area contributed by atoms with E-state index in [-0.39, 0.29) is 11.7 Å². The van der Waals surface area contributed by atoms with Crippen LogP contribution in [0.3, 0.4) is 0 Å². The lowest BCUT2D eigenvalue weighted by Gasteiger charge is -2.24. The molecule has 0 bridgehead atoms. The summed E-state index contributed by atoms with van der Waals surface area (Å²) in [5.74, 6) is 1.68. The van der Waals surface area contributed by atoms with E-state index in [1.807, 2.05) is 11.8 Å². The molecule has 1 fully saturated rings. The summed E-state index contributed by atoms with van der Waals surface area (Å²) in [6.45, 7) is 9.35. The van der Waals surface area contributed by atoms with Crippen molar-refractivity contribution < 1.29 is 9.18 Å². The van der Waals surface area contributed by atoms with Crippen LogP contribution in [-0.4, -0.2) is 56.7 Å². The van der Waals surface area contributed by atoms with E-state index in [0.29, 0.717) is 13.0 Å². The van der Waals surface area contributed by atoms with Crippen molar-refractivity contribution in [2.75, 3.05) is 31.1 Å². The molecule has 0 aliphatic carbocycles. The average Bonchev–Trinajstić information content (AvgIpc) is 3.03. The Morgan fingerprint density at radius 1 is 0.971 bits per heavy atom. The van der Waals surface area contributed by atoms with Crippen molar-refractivity contribution in [1.82, 2.24) is 24.6 Å². The average molecular weight is 481 g/mol. The number of unbranched alkanes of at least 4 members (excludes halogenated alkanes) is 3. The van der Waals surface area contributed by atoms with Crippen molar-refractivity contribution in [3.8, 4) is 5.69 Å². The highest BCUT2D eigenvalue weighted by Crippen LogP contribution is 2.30. The van der Waals surface area contributed by atoms with Crippen LogP contribution in [0.1, 0.15) is 70.3 Å². The molecule has 1 saturated heterocycles. The number of aromatic nitrogens is 4. The van der Waals surface area contributed by atoms with Crippen LogP contribution in [-0.2, 0) is 11.2 Å². The van der Waals surface area contributed by atoms with Gasteiger partial charge in [-0.2, -0.15) is 5.10 Å². The van der Waals surface area contributed by atoms with Crippen LogP contribution in [0.25, 0.3) is 16.7 Å². The minimum Gasteiger partial charge on any atom is -0.354 e. The Morgan fingerprint density at radius 2 is 1.74 bits per heavy atom. The van der Waals surface area contributed by atoms with Gasteiger partial charge in [0.15, 0.2) is 5.65 Å². The van der Waals surface area contributed by atoms with E-state index >= 15 is 0 Å². The molecule has 1 aromatic carbocycles. The van der Waals surface area contributed by atoms with Crippen molar-refractivity contribution in [3.63, 3.8) is 0 Å². The first-order valence-corrected chi connectivity index (χ1v) is 13.1. The van der Waals surface area contributed by atoms with E-state index in [2.05, 4.69) is 18.7 Å². The highest BCUT2D eigenvalue weighted by atomic mass is 19.1. The standard InChI is InChI=1S/C27H37FN6O/c1-4-6-8-11-24(35)32-16-9-17-33(19-18-32)26-25-20(3)31-34(22-14-12-21(28)13-15-22)27(25)30-23(29-26)10-7-5-2/h12-15H,4-11,16-19H2,1-3H3. The Morgan fingerprint density at radius 3 is 2.49 bits per heavy atom. The molecule has 1 amide bonds.